The van der Waals surface area contributed by atoms with Gasteiger partial charge in [-0.1, -0.05) is 6.07 Å². The highest BCUT2D eigenvalue weighted by Gasteiger charge is 2.30. The fourth-order valence-electron chi connectivity index (χ4n) is 4.39. The number of carbonyl (C=O) groups is 2. The summed E-state index contributed by atoms with van der Waals surface area (Å²) < 4.78 is 16.3. The van der Waals surface area contributed by atoms with Gasteiger partial charge < -0.3 is 20.2 Å². The number of aliphatic hydroxyl groups is 1. The molecule has 11 nitrogen and oxygen atoms in total. The molecule has 5 rings (SSSR count). The number of likely N-dealkylation sites (tertiary alicyclic amines) is 1. The number of tetrazole rings is 1. The largest absolute Gasteiger partial charge is 0.394 e. The van der Waals surface area contributed by atoms with Crippen LogP contribution >= 0.6 is 0 Å². The summed E-state index contributed by atoms with van der Waals surface area (Å²) in [5.41, 5.74) is 1.73. The van der Waals surface area contributed by atoms with Crippen LogP contribution in [0.3, 0.4) is 0 Å². The molecule has 1 atom stereocenters. The minimum Gasteiger partial charge on any atom is -0.394 e. The summed E-state index contributed by atoms with van der Waals surface area (Å²) in [6, 6.07) is 7.33. The molecule has 35 heavy (non-hydrogen) atoms. The molecule has 1 fully saturated rings. The van der Waals surface area contributed by atoms with Gasteiger partial charge in [-0.25, -0.2) is 18.9 Å². The normalized spacial score (nSPS) is 15.9. The number of pyridine rings is 1. The second kappa shape index (κ2) is 9.37. The van der Waals surface area contributed by atoms with Crippen molar-refractivity contribution in [3.63, 3.8) is 0 Å². The number of aliphatic hydroxyl groups excluding tert-OH is 1. The van der Waals surface area contributed by atoms with Crippen molar-refractivity contribution in [3.05, 3.63) is 52.8 Å². The Balaban J connectivity index is 1.33. The van der Waals surface area contributed by atoms with Crippen LogP contribution in [-0.4, -0.2) is 71.7 Å². The summed E-state index contributed by atoms with van der Waals surface area (Å²) in [4.78, 5) is 33.5. The van der Waals surface area contributed by atoms with E-state index in [1.54, 1.807) is 30.0 Å². The fourth-order valence-corrected chi connectivity index (χ4v) is 4.39. The Bertz CT molecular complexity index is 1270. The number of benzene rings is 1. The minimum atomic E-state index is -0.659. The number of anilines is 1. The van der Waals surface area contributed by atoms with Crippen molar-refractivity contribution < 1.29 is 19.1 Å². The zero-order valence-electron chi connectivity index (χ0n) is 19.2. The average molecular weight is 481 g/mol. The number of halogens is 1. The summed E-state index contributed by atoms with van der Waals surface area (Å²) in [5, 5.41) is 23.5. The molecule has 2 aromatic heterocycles. The Labute approximate surface area is 200 Å². The molecule has 2 aliphatic heterocycles. The molecular weight excluding hydrogens is 455 g/mol. The van der Waals surface area contributed by atoms with Crippen LogP contribution in [0.15, 0.2) is 30.3 Å². The molecule has 0 bridgehead atoms. The third kappa shape index (κ3) is 4.44. The molecule has 0 radical (unpaired) electrons. The van der Waals surface area contributed by atoms with Crippen molar-refractivity contribution in [1.29, 1.82) is 0 Å². The Kier molecular flexibility index (Phi) is 6.12. The monoisotopic (exact) mass is 480 g/mol. The lowest BCUT2D eigenvalue weighted by Gasteiger charge is -2.23. The minimum absolute atomic E-state index is 0.0519. The predicted molar refractivity (Wildman–Crippen MR) is 123 cm³/mol. The maximum atomic E-state index is 14.9. The molecule has 2 N–H and O–H groups in total. The number of hydrogen-bond donors (Lipinski definition) is 2. The molecular formula is C23H25FN8O3. The molecule has 1 aromatic carbocycles. The summed E-state index contributed by atoms with van der Waals surface area (Å²) >= 11 is 0. The van der Waals surface area contributed by atoms with Gasteiger partial charge >= 0.3 is 6.03 Å². The smallest absolute Gasteiger partial charge is 0.320 e. The zero-order valence-corrected chi connectivity index (χ0v) is 19.2. The van der Waals surface area contributed by atoms with E-state index >= 15 is 0 Å². The van der Waals surface area contributed by atoms with Gasteiger partial charge in [0.05, 0.1) is 18.2 Å². The molecule has 3 aromatic rings. The number of nitrogens with one attached hydrogen (secondary N) is 1. The molecule has 1 saturated heterocycles. The van der Waals surface area contributed by atoms with Crippen LogP contribution in [-0.2, 0) is 13.1 Å². The highest BCUT2D eigenvalue weighted by Crippen LogP contribution is 2.28. The zero-order chi connectivity index (χ0) is 24.5. The maximum Gasteiger partial charge on any atom is 0.320 e. The number of rotatable bonds is 5. The summed E-state index contributed by atoms with van der Waals surface area (Å²) in [6.07, 6.45) is 1.99. The van der Waals surface area contributed by atoms with Crippen molar-refractivity contribution in [2.75, 3.05) is 25.0 Å². The van der Waals surface area contributed by atoms with E-state index in [1.165, 1.54) is 16.8 Å². The third-order valence-electron chi connectivity index (χ3n) is 6.30. The van der Waals surface area contributed by atoms with E-state index in [9.17, 15) is 19.1 Å². The molecule has 12 heteroatoms. The first-order valence-corrected chi connectivity index (χ1v) is 11.5. The molecule has 0 spiro atoms. The summed E-state index contributed by atoms with van der Waals surface area (Å²) in [7, 11) is 0. The first-order chi connectivity index (χ1) is 16.9. The molecule has 0 unspecified atom stereocenters. The Morgan fingerprint density at radius 2 is 1.89 bits per heavy atom. The molecule has 0 saturated carbocycles. The Hall–Kier alpha value is -3.93. The van der Waals surface area contributed by atoms with E-state index in [0.717, 1.165) is 31.5 Å². The van der Waals surface area contributed by atoms with E-state index in [1.807, 2.05) is 4.90 Å². The topological polar surface area (TPSA) is 129 Å². The van der Waals surface area contributed by atoms with Crippen molar-refractivity contribution >= 4 is 17.8 Å². The number of amides is 3. The fraction of sp³-hybridized carbons (Fsp3) is 0.391. The van der Waals surface area contributed by atoms with Crippen LogP contribution in [0.25, 0.3) is 11.5 Å². The molecule has 3 amide bonds. The van der Waals surface area contributed by atoms with Crippen molar-refractivity contribution in [1.82, 2.24) is 35.0 Å². The van der Waals surface area contributed by atoms with Gasteiger partial charge in [0.25, 0.3) is 5.91 Å². The second-order valence-corrected chi connectivity index (χ2v) is 8.77. The number of fused-ring (bicyclic) bond motifs is 1. The number of nitrogens with zero attached hydrogens (tertiary/aromatic N) is 7. The van der Waals surface area contributed by atoms with Crippen LogP contribution in [0.5, 0.6) is 0 Å². The first-order valence-electron chi connectivity index (χ1n) is 11.5. The van der Waals surface area contributed by atoms with Gasteiger partial charge in [-0.05, 0) is 65.6 Å². The molecule has 0 aliphatic carbocycles. The van der Waals surface area contributed by atoms with Crippen molar-refractivity contribution in [2.24, 2.45) is 0 Å². The van der Waals surface area contributed by atoms with Gasteiger partial charge in [-0.15, -0.1) is 5.10 Å². The SMILES string of the molecule is C[C@H](CO)n1nnnc1-c1cccc(NC(=O)c2cc3c(cc2F)CN(C(=O)N2CCCC2)C3)n1. The van der Waals surface area contributed by atoms with Crippen LogP contribution in [0, 0.1) is 5.82 Å². The molecule has 4 heterocycles. The van der Waals surface area contributed by atoms with E-state index < -0.39 is 11.7 Å². The van der Waals surface area contributed by atoms with Gasteiger partial charge in [0.2, 0.25) is 5.82 Å². The summed E-state index contributed by atoms with van der Waals surface area (Å²) in [5.74, 6) is -0.783. The maximum absolute atomic E-state index is 14.9. The lowest BCUT2D eigenvalue weighted by molar-refractivity contribution is 0.102. The Morgan fingerprint density at radius 1 is 1.14 bits per heavy atom. The van der Waals surface area contributed by atoms with Crippen LogP contribution < -0.4 is 5.32 Å². The van der Waals surface area contributed by atoms with Gasteiger partial charge in [0.15, 0.2) is 0 Å². The molecule has 2 aliphatic rings. The number of carbonyl (C=O) groups excluding carboxylic acids is 2. The van der Waals surface area contributed by atoms with Gasteiger partial charge in [0, 0.05) is 26.2 Å². The third-order valence-corrected chi connectivity index (χ3v) is 6.30. The Morgan fingerprint density at radius 3 is 2.63 bits per heavy atom. The van der Waals surface area contributed by atoms with Crippen molar-refractivity contribution in [3.8, 4) is 11.5 Å². The van der Waals surface area contributed by atoms with E-state index in [2.05, 4.69) is 25.8 Å². The van der Waals surface area contributed by atoms with E-state index in [-0.39, 0.29) is 30.1 Å². The van der Waals surface area contributed by atoms with E-state index in [0.29, 0.717) is 30.2 Å². The standard InChI is InChI=1S/C23H25FN8O3/c1-14(13-33)32-21(27-28-29-32)19-5-4-6-20(25-19)26-22(34)17-9-15-11-31(12-16(15)10-18(17)24)23(35)30-7-2-3-8-30/h4-6,9-10,14,33H,2-3,7-8,11-13H2,1H3,(H,25,26,34)/t14-/m1/s1. The number of urea groups is 1. The second-order valence-electron chi connectivity index (χ2n) is 8.77. The first kappa shape index (κ1) is 22.8. The lowest BCUT2D eigenvalue weighted by Crippen LogP contribution is -2.38. The number of aromatic nitrogens is 5. The highest BCUT2D eigenvalue weighted by atomic mass is 19.1. The number of hydrogen-bond acceptors (Lipinski definition) is 7. The highest BCUT2D eigenvalue weighted by molar-refractivity contribution is 6.04. The predicted octanol–water partition coefficient (Wildman–Crippen LogP) is 2.21. The van der Waals surface area contributed by atoms with Crippen LogP contribution in [0.1, 0.15) is 47.3 Å². The van der Waals surface area contributed by atoms with Gasteiger partial charge in [-0.2, -0.15) is 0 Å². The lowest BCUT2D eigenvalue weighted by atomic mass is 10.1. The van der Waals surface area contributed by atoms with Crippen molar-refractivity contribution in [2.45, 2.75) is 38.9 Å². The van der Waals surface area contributed by atoms with Crippen LogP contribution in [0.4, 0.5) is 15.0 Å². The van der Waals surface area contributed by atoms with Crippen LogP contribution in [0.2, 0.25) is 0 Å². The van der Waals surface area contributed by atoms with E-state index in [4.69, 9.17) is 0 Å². The van der Waals surface area contributed by atoms with Gasteiger partial charge in [0.1, 0.15) is 17.3 Å². The summed E-state index contributed by atoms with van der Waals surface area (Å²) in [6.45, 7) is 3.74. The van der Waals surface area contributed by atoms with Gasteiger partial charge in [-0.3, -0.25) is 4.79 Å². The average Bonchev–Trinajstić information content (AvgIpc) is 3.63. The molecule has 182 valence electrons. The quantitative estimate of drug-likeness (QED) is 0.573.